The summed E-state index contributed by atoms with van der Waals surface area (Å²) in [5.74, 6) is 0.803. The Kier molecular flexibility index (Phi) is 6.20. The smallest absolute Gasteiger partial charge is 0.229 e. The maximum Gasteiger partial charge on any atom is 0.229 e. The van der Waals surface area contributed by atoms with Gasteiger partial charge in [-0.2, -0.15) is 0 Å². The Balaban J connectivity index is 1.36. The van der Waals surface area contributed by atoms with E-state index in [0.29, 0.717) is 12.3 Å². The number of nitrogens with zero attached hydrogens (tertiary/aromatic N) is 1. The number of hydrogen-bond acceptors (Lipinski definition) is 6. The van der Waals surface area contributed by atoms with Crippen LogP contribution in [-0.2, 0) is 16.6 Å². The van der Waals surface area contributed by atoms with Gasteiger partial charge in [-0.3, -0.25) is 4.72 Å². The summed E-state index contributed by atoms with van der Waals surface area (Å²) in [6.45, 7) is 0.530. The molecule has 0 aliphatic rings. The highest BCUT2D eigenvalue weighted by Gasteiger charge is 2.07. The number of nitrogens with one attached hydrogen (secondary N) is 2. The summed E-state index contributed by atoms with van der Waals surface area (Å²) in [7, 11) is -3.29. The number of rotatable bonds is 8. The predicted molar refractivity (Wildman–Crippen MR) is 127 cm³/mol. The van der Waals surface area contributed by atoms with Crippen molar-refractivity contribution in [2.45, 2.75) is 6.61 Å². The molecule has 1 heterocycles. The van der Waals surface area contributed by atoms with Gasteiger partial charge in [0.15, 0.2) is 5.13 Å². The molecule has 8 heteroatoms. The summed E-state index contributed by atoms with van der Waals surface area (Å²) in [5.41, 5.74) is 4.30. The minimum absolute atomic E-state index is 0.523. The van der Waals surface area contributed by atoms with Crippen LogP contribution in [0.25, 0.3) is 11.3 Å². The summed E-state index contributed by atoms with van der Waals surface area (Å²) in [5, 5.41) is 6.02. The molecule has 0 radical (unpaired) electrons. The Morgan fingerprint density at radius 3 is 2.26 bits per heavy atom. The molecule has 0 aliphatic carbocycles. The Morgan fingerprint density at radius 2 is 1.58 bits per heavy atom. The van der Waals surface area contributed by atoms with Gasteiger partial charge >= 0.3 is 0 Å². The summed E-state index contributed by atoms with van der Waals surface area (Å²) in [4.78, 5) is 4.62. The van der Waals surface area contributed by atoms with E-state index in [0.717, 1.165) is 39.6 Å². The molecule has 0 amide bonds. The number of hydrogen-bond donors (Lipinski definition) is 2. The molecular formula is C23H21N3O3S2. The third kappa shape index (κ3) is 6.07. The Hall–Kier alpha value is -3.36. The van der Waals surface area contributed by atoms with Crippen LogP contribution in [0.5, 0.6) is 5.75 Å². The fraction of sp³-hybridized carbons (Fsp3) is 0.0870. The largest absolute Gasteiger partial charge is 0.489 e. The molecule has 4 aromatic rings. The first-order valence-corrected chi connectivity index (χ1v) is 12.3. The maximum absolute atomic E-state index is 11.3. The molecule has 1 aromatic heterocycles. The number of sulfonamides is 1. The fourth-order valence-electron chi connectivity index (χ4n) is 2.89. The third-order valence-electron chi connectivity index (χ3n) is 4.34. The van der Waals surface area contributed by atoms with E-state index in [2.05, 4.69) is 15.0 Å². The van der Waals surface area contributed by atoms with Gasteiger partial charge in [0.2, 0.25) is 10.0 Å². The molecule has 158 valence electrons. The van der Waals surface area contributed by atoms with Crippen molar-refractivity contribution in [3.8, 4) is 17.0 Å². The van der Waals surface area contributed by atoms with Crippen LogP contribution in [0.4, 0.5) is 16.5 Å². The van der Waals surface area contributed by atoms with Crippen molar-refractivity contribution in [3.63, 3.8) is 0 Å². The third-order valence-corrected chi connectivity index (χ3v) is 5.71. The minimum Gasteiger partial charge on any atom is -0.489 e. The topological polar surface area (TPSA) is 80.3 Å². The first kappa shape index (κ1) is 20.9. The summed E-state index contributed by atoms with van der Waals surface area (Å²) in [6.07, 6.45) is 1.13. The van der Waals surface area contributed by atoms with Crippen LogP contribution in [0.2, 0.25) is 0 Å². The second-order valence-electron chi connectivity index (χ2n) is 6.91. The normalized spacial score (nSPS) is 11.1. The van der Waals surface area contributed by atoms with Gasteiger partial charge in [0.05, 0.1) is 11.9 Å². The van der Waals surface area contributed by atoms with Gasteiger partial charge in [0.1, 0.15) is 12.4 Å². The average Bonchev–Trinajstić information content (AvgIpc) is 3.22. The maximum atomic E-state index is 11.3. The highest BCUT2D eigenvalue weighted by atomic mass is 32.2. The van der Waals surface area contributed by atoms with Crippen LogP contribution in [0.15, 0.2) is 84.2 Å². The van der Waals surface area contributed by atoms with Gasteiger partial charge in [0.25, 0.3) is 0 Å². The van der Waals surface area contributed by atoms with E-state index in [1.165, 1.54) is 11.3 Å². The molecule has 0 aliphatic heterocycles. The van der Waals surface area contributed by atoms with Crippen molar-refractivity contribution in [3.05, 3.63) is 89.8 Å². The molecule has 4 rings (SSSR count). The first-order valence-electron chi connectivity index (χ1n) is 9.52. The van der Waals surface area contributed by atoms with Gasteiger partial charge in [-0.15, -0.1) is 11.3 Å². The monoisotopic (exact) mass is 451 g/mol. The lowest BCUT2D eigenvalue weighted by molar-refractivity contribution is 0.306. The van der Waals surface area contributed by atoms with Crippen LogP contribution < -0.4 is 14.8 Å². The Morgan fingerprint density at radius 1 is 0.903 bits per heavy atom. The van der Waals surface area contributed by atoms with E-state index in [1.807, 2.05) is 72.1 Å². The molecule has 3 aromatic carbocycles. The second-order valence-corrected chi connectivity index (χ2v) is 9.52. The van der Waals surface area contributed by atoms with Gasteiger partial charge in [-0.05, 0) is 42.0 Å². The molecule has 0 bridgehead atoms. The summed E-state index contributed by atoms with van der Waals surface area (Å²) in [6, 6.07) is 24.9. The fourth-order valence-corrected chi connectivity index (χ4v) is 4.19. The van der Waals surface area contributed by atoms with E-state index in [4.69, 9.17) is 4.74 Å². The van der Waals surface area contributed by atoms with E-state index in [9.17, 15) is 8.42 Å². The van der Waals surface area contributed by atoms with Crippen LogP contribution >= 0.6 is 11.3 Å². The lowest BCUT2D eigenvalue weighted by Gasteiger charge is -2.08. The molecule has 2 N–H and O–H groups in total. The zero-order valence-electron chi connectivity index (χ0n) is 16.8. The molecule has 31 heavy (non-hydrogen) atoms. The van der Waals surface area contributed by atoms with Gasteiger partial charge in [-0.25, -0.2) is 13.4 Å². The van der Waals surface area contributed by atoms with Crippen molar-refractivity contribution in [1.82, 2.24) is 4.98 Å². The summed E-state index contributed by atoms with van der Waals surface area (Å²) >= 11 is 1.50. The molecule has 0 saturated heterocycles. The number of thiazole rings is 1. The molecule has 0 atom stereocenters. The number of benzene rings is 3. The molecule has 0 unspecified atom stereocenters. The molecule has 6 nitrogen and oxygen atoms in total. The molecule has 0 spiro atoms. The summed E-state index contributed by atoms with van der Waals surface area (Å²) < 4.78 is 30.9. The molecule has 0 fully saturated rings. The highest BCUT2D eigenvalue weighted by molar-refractivity contribution is 7.92. The van der Waals surface area contributed by atoms with Crippen LogP contribution in [0, 0.1) is 0 Å². The van der Waals surface area contributed by atoms with Gasteiger partial charge in [-0.1, -0.05) is 42.5 Å². The van der Waals surface area contributed by atoms with Crippen molar-refractivity contribution in [2.24, 2.45) is 0 Å². The van der Waals surface area contributed by atoms with E-state index < -0.39 is 10.0 Å². The Labute approximate surface area is 185 Å². The van der Waals surface area contributed by atoms with E-state index in [1.54, 1.807) is 12.1 Å². The van der Waals surface area contributed by atoms with Gasteiger partial charge in [0, 0.05) is 22.3 Å². The van der Waals surface area contributed by atoms with Crippen molar-refractivity contribution >= 4 is 37.9 Å². The number of aromatic nitrogens is 1. The van der Waals surface area contributed by atoms with Crippen molar-refractivity contribution < 1.29 is 13.2 Å². The zero-order chi connectivity index (χ0) is 21.7. The molecular weight excluding hydrogens is 430 g/mol. The predicted octanol–water partition coefficient (Wildman–Crippen LogP) is 5.50. The molecule has 0 saturated carbocycles. The number of ether oxygens (including phenoxy) is 1. The average molecular weight is 452 g/mol. The first-order chi connectivity index (χ1) is 14.9. The standard InChI is InChI=1S/C23H21N3O3S2/c1-31(27,28)26-20-9-7-18(8-10-20)22-16-30-23(25-22)24-19-11-13-21(14-12-19)29-15-17-5-3-2-4-6-17/h2-14,16,26H,15H2,1H3,(H,24,25). The van der Waals surface area contributed by atoms with E-state index in [-0.39, 0.29) is 0 Å². The van der Waals surface area contributed by atoms with Crippen LogP contribution in [-0.4, -0.2) is 19.7 Å². The van der Waals surface area contributed by atoms with Gasteiger partial charge < -0.3 is 10.1 Å². The highest BCUT2D eigenvalue weighted by Crippen LogP contribution is 2.28. The second kappa shape index (κ2) is 9.20. The van der Waals surface area contributed by atoms with Crippen molar-refractivity contribution in [1.29, 1.82) is 0 Å². The lowest BCUT2D eigenvalue weighted by Crippen LogP contribution is -2.09. The van der Waals surface area contributed by atoms with Crippen LogP contribution in [0.1, 0.15) is 5.56 Å². The quantitative estimate of drug-likeness (QED) is 0.370. The minimum atomic E-state index is -3.29. The SMILES string of the molecule is CS(=O)(=O)Nc1ccc(-c2csc(Nc3ccc(OCc4ccccc4)cc3)n2)cc1. The zero-order valence-corrected chi connectivity index (χ0v) is 18.4. The number of anilines is 3. The van der Waals surface area contributed by atoms with Crippen LogP contribution in [0.3, 0.4) is 0 Å². The lowest BCUT2D eigenvalue weighted by atomic mass is 10.1. The Bertz CT molecular complexity index is 1240. The van der Waals surface area contributed by atoms with Crippen molar-refractivity contribution in [2.75, 3.05) is 16.3 Å². The van der Waals surface area contributed by atoms with E-state index >= 15 is 0 Å².